The van der Waals surface area contributed by atoms with Gasteiger partial charge in [0.25, 0.3) is 0 Å². The predicted molar refractivity (Wildman–Crippen MR) is 73.6 cm³/mol. The summed E-state index contributed by atoms with van der Waals surface area (Å²) in [5.74, 6) is -2.47. The van der Waals surface area contributed by atoms with Crippen LogP contribution < -0.4 is 17.1 Å². The van der Waals surface area contributed by atoms with E-state index in [1.807, 2.05) is 0 Å². The lowest BCUT2D eigenvalue weighted by Gasteiger charge is -2.10. The van der Waals surface area contributed by atoms with Gasteiger partial charge in [-0.3, -0.25) is 9.59 Å². The zero-order valence-electron chi connectivity index (χ0n) is 11.4. The summed E-state index contributed by atoms with van der Waals surface area (Å²) < 4.78 is 1.61. The van der Waals surface area contributed by atoms with Crippen LogP contribution in [0.3, 0.4) is 0 Å². The van der Waals surface area contributed by atoms with E-state index in [1.165, 1.54) is 0 Å². The molecule has 0 bridgehead atoms. The topological polar surface area (TPSA) is 141 Å². The number of nitrogens with zero attached hydrogens (tertiary/aromatic N) is 3. The van der Waals surface area contributed by atoms with Crippen molar-refractivity contribution in [3.05, 3.63) is 43.8 Å². The molecule has 0 spiro atoms. The molecule has 0 amide bonds. The Hall–Kier alpha value is -3.13. The quantitative estimate of drug-likeness (QED) is 0.576. The first-order chi connectivity index (χ1) is 10.3. The molecular formula is C12H13N3O7. The first kappa shape index (κ1) is 16.9. The third-order valence-corrected chi connectivity index (χ3v) is 2.65. The van der Waals surface area contributed by atoms with Gasteiger partial charge in [0.05, 0.1) is 19.0 Å². The molecule has 1 aromatic rings. The summed E-state index contributed by atoms with van der Waals surface area (Å²) in [5.41, 5.74) is -0.953. The van der Waals surface area contributed by atoms with Gasteiger partial charge in [-0.25, -0.2) is 28.1 Å². The molecule has 0 atom stereocenters. The van der Waals surface area contributed by atoms with Crippen LogP contribution in [0.1, 0.15) is 12.8 Å². The number of aliphatic carboxylic acids is 2. The Kier molecular flexibility index (Phi) is 5.42. The zero-order chi connectivity index (χ0) is 16.9. The average molecular weight is 311 g/mol. The molecule has 0 aliphatic heterocycles. The number of carbonyl (C=O) groups is 2. The molecule has 1 aromatic heterocycles. The Bertz CT molecular complexity index is 764. The fourth-order valence-corrected chi connectivity index (χ4v) is 1.65. The van der Waals surface area contributed by atoms with Crippen LogP contribution in [0.5, 0.6) is 0 Å². The fourth-order valence-electron chi connectivity index (χ4n) is 1.65. The van der Waals surface area contributed by atoms with Crippen molar-refractivity contribution < 1.29 is 19.8 Å². The second-order valence-electron chi connectivity index (χ2n) is 4.14. The van der Waals surface area contributed by atoms with E-state index in [0.717, 1.165) is 6.20 Å². The van der Waals surface area contributed by atoms with Gasteiger partial charge in [-0.05, 0) is 0 Å². The van der Waals surface area contributed by atoms with Crippen molar-refractivity contribution in [2.24, 2.45) is 0 Å². The average Bonchev–Trinajstić information content (AvgIpc) is 2.42. The van der Waals surface area contributed by atoms with Gasteiger partial charge in [0, 0.05) is 13.1 Å². The van der Waals surface area contributed by atoms with E-state index in [9.17, 15) is 24.0 Å². The van der Waals surface area contributed by atoms with Crippen LogP contribution in [0.25, 0.3) is 6.20 Å². The van der Waals surface area contributed by atoms with Gasteiger partial charge in [0.1, 0.15) is 0 Å². The van der Waals surface area contributed by atoms with E-state index in [1.54, 1.807) is 0 Å². The van der Waals surface area contributed by atoms with Crippen molar-refractivity contribution in [3.8, 4) is 0 Å². The molecule has 1 heterocycles. The van der Waals surface area contributed by atoms with Crippen LogP contribution in [0.15, 0.2) is 26.7 Å². The molecule has 0 aliphatic rings. The number of hydrogen-bond donors (Lipinski definition) is 2. The van der Waals surface area contributed by atoms with Gasteiger partial charge in [-0.15, -0.1) is 5.73 Å². The van der Waals surface area contributed by atoms with Crippen LogP contribution >= 0.6 is 0 Å². The monoisotopic (exact) mass is 311 g/mol. The lowest BCUT2D eigenvalue weighted by molar-refractivity contribution is -0.138. The number of rotatable bonds is 7. The molecule has 0 unspecified atom stereocenters. The smallest absolute Gasteiger partial charge is 0.341 e. The molecule has 10 heteroatoms. The summed E-state index contributed by atoms with van der Waals surface area (Å²) in [6, 6.07) is 0. The summed E-state index contributed by atoms with van der Waals surface area (Å²) in [6.45, 7) is 2.30. The van der Waals surface area contributed by atoms with Crippen molar-refractivity contribution >= 4 is 18.1 Å². The van der Waals surface area contributed by atoms with Crippen LogP contribution in [-0.2, 0) is 22.7 Å². The van der Waals surface area contributed by atoms with Gasteiger partial charge < -0.3 is 10.2 Å². The Labute approximate surface area is 122 Å². The van der Waals surface area contributed by atoms with E-state index in [0.29, 0.717) is 13.7 Å². The van der Waals surface area contributed by atoms with Crippen LogP contribution in [0.4, 0.5) is 0 Å². The van der Waals surface area contributed by atoms with Crippen molar-refractivity contribution in [2.75, 3.05) is 0 Å². The summed E-state index contributed by atoms with van der Waals surface area (Å²) in [7, 11) is 0. The molecule has 2 N–H and O–H groups in total. The van der Waals surface area contributed by atoms with Gasteiger partial charge in [0.15, 0.2) is 0 Å². The minimum atomic E-state index is -1.24. The highest BCUT2D eigenvalue weighted by atomic mass is 16.4. The molecule has 10 nitrogen and oxygen atoms in total. The summed E-state index contributed by atoms with van der Waals surface area (Å²) in [4.78, 5) is 57.2. The fraction of sp³-hybridized carbons (Fsp3) is 0.333. The Morgan fingerprint density at radius 2 is 1.36 bits per heavy atom. The van der Waals surface area contributed by atoms with E-state index < -0.39 is 54.9 Å². The minimum absolute atomic E-state index is 0.453. The molecule has 118 valence electrons. The summed E-state index contributed by atoms with van der Waals surface area (Å²) in [6.07, 6.45) is -0.132. The molecule has 22 heavy (non-hydrogen) atoms. The van der Waals surface area contributed by atoms with Crippen LogP contribution in [0, 0.1) is 0 Å². The van der Waals surface area contributed by atoms with Crippen molar-refractivity contribution in [2.45, 2.75) is 25.9 Å². The van der Waals surface area contributed by atoms with E-state index >= 15 is 0 Å². The van der Waals surface area contributed by atoms with Gasteiger partial charge >= 0.3 is 29.0 Å². The Morgan fingerprint density at radius 3 is 1.68 bits per heavy atom. The third kappa shape index (κ3) is 3.70. The molecule has 0 aliphatic carbocycles. The van der Waals surface area contributed by atoms with Crippen molar-refractivity contribution in [3.63, 3.8) is 0 Å². The van der Waals surface area contributed by atoms with E-state index in [4.69, 9.17) is 10.2 Å². The van der Waals surface area contributed by atoms with E-state index in [-0.39, 0.29) is 0 Å². The first-order valence-corrected chi connectivity index (χ1v) is 6.05. The normalized spacial score (nSPS) is 10.0. The SMILES string of the molecule is C=C=Cn1c(=O)n(CCC(=O)O)c(=O)n(CCC(=O)O)c1=O. The Morgan fingerprint density at radius 1 is 0.955 bits per heavy atom. The lowest BCUT2D eigenvalue weighted by atomic mass is 10.4. The number of aromatic nitrogens is 3. The highest BCUT2D eigenvalue weighted by Crippen LogP contribution is 1.86. The molecule has 0 aromatic carbocycles. The highest BCUT2D eigenvalue weighted by molar-refractivity contribution is 5.66. The molecule has 0 fully saturated rings. The van der Waals surface area contributed by atoms with Crippen LogP contribution in [0.2, 0.25) is 0 Å². The molecule has 0 radical (unpaired) electrons. The maximum atomic E-state index is 12.1. The molecular weight excluding hydrogens is 298 g/mol. The number of carboxylic acid groups (broad SMARTS) is 2. The maximum Gasteiger partial charge on any atom is 0.341 e. The second-order valence-corrected chi connectivity index (χ2v) is 4.14. The third-order valence-electron chi connectivity index (χ3n) is 2.65. The molecule has 0 saturated heterocycles. The Balaban J connectivity index is 3.56. The number of carboxylic acids is 2. The second kappa shape index (κ2) is 7.04. The lowest BCUT2D eigenvalue weighted by Crippen LogP contribution is -2.53. The van der Waals surface area contributed by atoms with E-state index in [2.05, 4.69) is 12.3 Å². The highest BCUT2D eigenvalue weighted by Gasteiger charge is 2.15. The summed E-state index contributed by atoms with van der Waals surface area (Å²) in [5, 5.41) is 17.3. The summed E-state index contributed by atoms with van der Waals surface area (Å²) >= 11 is 0. The molecule has 1 rings (SSSR count). The van der Waals surface area contributed by atoms with Gasteiger partial charge in [0.2, 0.25) is 0 Å². The minimum Gasteiger partial charge on any atom is -0.481 e. The van der Waals surface area contributed by atoms with Crippen LogP contribution in [-0.4, -0.2) is 35.9 Å². The standard InChI is InChI=1S/C12H13N3O7/c1-2-5-13-10(20)14(6-3-8(16)17)12(22)15(11(13)21)7-4-9(18)19/h5H,1,3-4,6-7H2,(H,16,17)(H,18,19). The molecule has 0 saturated carbocycles. The first-order valence-electron chi connectivity index (χ1n) is 6.05. The van der Waals surface area contributed by atoms with Crippen molar-refractivity contribution in [1.29, 1.82) is 0 Å². The maximum absolute atomic E-state index is 12.1. The van der Waals surface area contributed by atoms with Crippen molar-refractivity contribution in [1.82, 2.24) is 13.7 Å². The number of hydrogen-bond acceptors (Lipinski definition) is 5. The zero-order valence-corrected chi connectivity index (χ0v) is 11.4. The predicted octanol–water partition coefficient (Wildman–Crippen LogP) is -1.62. The van der Waals surface area contributed by atoms with Gasteiger partial charge in [-0.1, -0.05) is 6.58 Å². The largest absolute Gasteiger partial charge is 0.481 e. The van der Waals surface area contributed by atoms with Gasteiger partial charge in [-0.2, -0.15) is 0 Å².